The van der Waals surface area contributed by atoms with Crippen LogP contribution in [0.2, 0.25) is 0 Å². The maximum Gasteiger partial charge on any atom is 0.328 e. The number of amides is 3. The Bertz CT molecular complexity index is 1040. The van der Waals surface area contributed by atoms with Crippen LogP contribution in [0.5, 0.6) is 5.75 Å². The molecule has 0 aliphatic heterocycles. The van der Waals surface area contributed by atoms with Crippen LogP contribution in [0.15, 0.2) is 36.8 Å². The van der Waals surface area contributed by atoms with Crippen molar-refractivity contribution in [1.82, 2.24) is 25.9 Å². The first-order valence-electron chi connectivity index (χ1n) is 11.8. The molecule has 4 atom stereocenters. The Morgan fingerprint density at radius 1 is 0.946 bits per heavy atom. The Morgan fingerprint density at radius 2 is 1.51 bits per heavy atom. The first-order valence-corrected chi connectivity index (χ1v) is 11.8. The van der Waals surface area contributed by atoms with Crippen molar-refractivity contribution in [2.24, 2.45) is 11.7 Å². The molecule has 4 unspecified atom stereocenters. The predicted molar refractivity (Wildman–Crippen MR) is 132 cm³/mol. The minimum Gasteiger partial charge on any atom is -0.508 e. The normalized spacial score (nSPS) is 14.3. The molecule has 0 bridgehead atoms. The average molecular weight is 519 g/mol. The molecule has 0 radical (unpaired) electrons. The summed E-state index contributed by atoms with van der Waals surface area (Å²) in [4.78, 5) is 57.0. The summed E-state index contributed by atoms with van der Waals surface area (Å²) >= 11 is 0. The van der Waals surface area contributed by atoms with Gasteiger partial charge in [0.05, 0.1) is 19.0 Å². The smallest absolute Gasteiger partial charge is 0.328 e. The van der Waals surface area contributed by atoms with Gasteiger partial charge in [-0.2, -0.15) is 0 Å². The second-order valence-corrected chi connectivity index (χ2v) is 9.09. The molecule has 37 heavy (non-hydrogen) atoms. The van der Waals surface area contributed by atoms with Gasteiger partial charge >= 0.3 is 5.97 Å². The van der Waals surface area contributed by atoms with E-state index in [-0.39, 0.29) is 24.5 Å². The molecule has 0 saturated heterocycles. The van der Waals surface area contributed by atoms with Gasteiger partial charge in [-0.25, -0.2) is 9.78 Å². The zero-order chi connectivity index (χ0) is 27.5. The van der Waals surface area contributed by atoms with Gasteiger partial charge in [0.1, 0.15) is 23.9 Å². The fourth-order valence-electron chi connectivity index (χ4n) is 3.53. The number of carboxylic acid groups (broad SMARTS) is 1. The van der Waals surface area contributed by atoms with Gasteiger partial charge in [-0.15, -0.1) is 0 Å². The monoisotopic (exact) mass is 518 g/mol. The summed E-state index contributed by atoms with van der Waals surface area (Å²) < 4.78 is 0. The number of hydrogen-bond donors (Lipinski definition) is 8. The molecule has 13 nitrogen and oxygen atoms in total. The Labute approximate surface area is 213 Å². The molecule has 1 heterocycles. The summed E-state index contributed by atoms with van der Waals surface area (Å²) in [7, 11) is 0. The van der Waals surface area contributed by atoms with Crippen LogP contribution in [0.25, 0.3) is 0 Å². The fraction of sp³-hybridized carbons (Fsp3) is 0.458. The lowest BCUT2D eigenvalue weighted by molar-refractivity contribution is -0.143. The van der Waals surface area contributed by atoms with Crippen LogP contribution in [-0.4, -0.2) is 79.8 Å². The van der Waals surface area contributed by atoms with Gasteiger partial charge in [-0.1, -0.05) is 26.0 Å². The standard InChI is InChI=1S/C24H34N6O7/c1-13(2)7-17(25)21(33)28-19(9-15-10-26-12-27-15)23(35)29-18(8-14-3-5-16(32)6-4-14)22(34)30-20(11-31)24(36)37/h3-6,10,12-13,17-20,31-32H,7-9,11,25H2,1-2H3,(H,26,27)(H,28,33)(H,29,35)(H,30,34)(H,36,37). The molecule has 9 N–H and O–H groups in total. The highest BCUT2D eigenvalue weighted by molar-refractivity contribution is 5.94. The minimum atomic E-state index is -1.58. The van der Waals surface area contributed by atoms with E-state index in [9.17, 15) is 34.5 Å². The molecular weight excluding hydrogens is 484 g/mol. The van der Waals surface area contributed by atoms with Gasteiger partial charge in [-0.05, 0) is 30.0 Å². The summed E-state index contributed by atoms with van der Waals surface area (Å²) in [6.45, 7) is 2.96. The number of rotatable bonds is 14. The predicted octanol–water partition coefficient (Wildman–Crippen LogP) is -1.19. The maximum atomic E-state index is 13.3. The summed E-state index contributed by atoms with van der Waals surface area (Å²) in [6.07, 6.45) is 3.26. The molecule has 0 aliphatic rings. The highest BCUT2D eigenvalue weighted by atomic mass is 16.4. The third kappa shape index (κ3) is 9.54. The van der Waals surface area contributed by atoms with E-state index in [0.29, 0.717) is 17.7 Å². The minimum absolute atomic E-state index is 0.0000731. The van der Waals surface area contributed by atoms with Gasteiger partial charge in [-0.3, -0.25) is 14.4 Å². The number of imidazole rings is 1. The summed E-state index contributed by atoms with van der Waals surface area (Å²) in [5.74, 6) is -3.42. The van der Waals surface area contributed by atoms with E-state index < -0.39 is 54.5 Å². The number of phenols is 1. The second-order valence-electron chi connectivity index (χ2n) is 9.09. The number of aromatic hydroxyl groups is 1. The number of carbonyl (C=O) groups is 4. The van der Waals surface area contributed by atoms with Crippen LogP contribution in [0.1, 0.15) is 31.5 Å². The van der Waals surface area contributed by atoms with Crippen LogP contribution in [0, 0.1) is 5.92 Å². The number of benzene rings is 1. The van der Waals surface area contributed by atoms with Gasteiger partial charge in [0.2, 0.25) is 17.7 Å². The van der Waals surface area contributed by atoms with Crippen molar-refractivity contribution in [2.75, 3.05) is 6.61 Å². The third-order valence-electron chi connectivity index (χ3n) is 5.48. The van der Waals surface area contributed by atoms with E-state index in [4.69, 9.17) is 5.73 Å². The number of phenolic OH excluding ortho intramolecular Hbond substituents is 1. The average Bonchev–Trinajstić information content (AvgIpc) is 3.35. The van der Waals surface area contributed by atoms with Crippen molar-refractivity contribution in [2.45, 2.75) is 57.3 Å². The van der Waals surface area contributed by atoms with Gasteiger partial charge in [0, 0.05) is 24.7 Å². The van der Waals surface area contributed by atoms with Gasteiger partial charge in [0.25, 0.3) is 0 Å². The topological polar surface area (TPSA) is 220 Å². The van der Waals surface area contributed by atoms with Crippen LogP contribution >= 0.6 is 0 Å². The third-order valence-corrected chi connectivity index (χ3v) is 5.48. The number of hydrogen-bond acceptors (Lipinski definition) is 8. The van der Waals surface area contributed by atoms with E-state index in [1.807, 2.05) is 13.8 Å². The van der Waals surface area contributed by atoms with Crippen molar-refractivity contribution in [3.8, 4) is 5.75 Å². The number of nitrogens with zero attached hydrogens (tertiary/aromatic N) is 1. The van der Waals surface area contributed by atoms with E-state index in [0.717, 1.165) is 0 Å². The molecule has 2 aromatic rings. The van der Waals surface area contributed by atoms with E-state index in [1.165, 1.54) is 36.8 Å². The summed E-state index contributed by atoms with van der Waals surface area (Å²) in [5, 5.41) is 35.4. The van der Waals surface area contributed by atoms with Crippen molar-refractivity contribution < 1.29 is 34.5 Å². The molecule has 1 aromatic carbocycles. The number of carboxylic acids is 1. The van der Waals surface area contributed by atoms with Gasteiger partial charge < -0.3 is 42.0 Å². The number of nitrogens with two attached hydrogens (primary N) is 1. The van der Waals surface area contributed by atoms with Crippen LogP contribution in [0.3, 0.4) is 0 Å². The summed E-state index contributed by atoms with van der Waals surface area (Å²) in [6, 6.07) is 1.05. The van der Waals surface area contributed by atoms with Crippen LogP contribution in [-0.2, 0) is 32.0 Å². The van der Waals surface area contributed by atoms with Crippen LogP contribution < -0.4 is 21.7 Å². The Morgan fingerprint density at radius 3 is 2.03 bits per heavy atom. The number of aromatic amines is 1. The molecule has 1 aromatic heterocycles. The molecule has 0 fully saturated rings. The second kappa shape index (κ2) is 13.9. The van der Waals surface area contributed by atoms with Crippen LogP contribution in [0.4, 0.5) is 0 Å². The number of H-pyrrole nitrogens is 1. The molecule has 202 valence electrons. The molecule has 2 rings (SSSR count). The fourth-order valence-corrected chi connectivity index (χ4v) is 3.53. The highest BCUT2D eigenvalue weighted by Gasteiger charge is 2.31. The number of aliphatic carboxylic acids is 1. The first-order chi connectivity index (χ1) is 17.5. The molecule has 0 aliphatic carbocycles. The first kappa shape index (κ1) is 29.3. The number of aliphatic hydroxyl groups excluding tert-OH is 1. The molecule has 0 spiro atoms. The molecule has 3 amide bonds. The molecule has 13 heteroatoms. The molecular formula is C24H34N6O7. The van der Waals surface area contributed by atoms with Crippen molar-refractivity contribution in [3.63, 3.8) is 0 Å². The molecule has 0 saturated carbocycles. The van der Waals surface area contributed by atoms with Crippen molar-refractivity contribution in [1.29, 1.82) is 0 Å². The SMILES string of the molecule is CC(C)CC(N)C(=O)NC(Cc1cnc[nH]1)C(=O)NC(Cc1ccc(O)cc1)C(=O)NC(CO)C(=O)O. The Balaban J connectivity index is 2.26. The lowest BCUT2D eigenvalue weighted by Gasteiger charge is -2.25. The Hall–Kier alpha value is -3.97. The van der Waals surface area contributed by atoms with E-state index in [2.05, 4.69) is 25.9 Å². The zero-order valence-corrected chi connectivity index (χ0v) is 20.7. The highest BCUT2D eigenvalue weighted by Crippen LogP contribution is 2.12. The van der Waals surface area contributed by atoms with Gasteiger partial charge in [0.15, 0.2) is 0 Å². The van der Waals surface area contributed by atoms with Crippen molar-refractivity contribution in [3.05, 3.63) is 48.0 Å². The lowest BCUT2D eigenvalue weighted by Crippen LogP contribution is -2.58. The lowest BCUT2D eigenvalue weighted by atomic mass is 10.0. The quantitative estimate of drug-likeness (QED) is 0.150. The largest absolute Gasteiger partial charge is 0.508 e. The number of aromatic nitrogens is 2. The number of nitrogens with one attached hydrogen (secondary N) is 4. The van der Waals surface area contributed by atoms with Crippen molar-refractivity contribution >= 4 is 23.7 Å². The maximum absolute atomic E-state index is 13.3. The van der Waals surface area contributed by atoms with E-state index in [1.54, 1.807) is 0 Å². The number of aliphatic hydroxyl groups is 1. The van der Waals surface area contributed by atoms with E-state index >= 15 is 0 Å². The summed E-state index contributed by atoms with van der Waals surface area (Å²) in [5.41, 5.74) is 7.08. The zero-order valence-electron chi connectivity index (χ0n) is 20.7. The number of carbonyl (C=O) groups excluding carboxylic acids is 3. The Kier molecular flexibility index (Phi) is 11.0.